The van der Waals surface area contributed by atoms with Gasteiger partial charge >= 0.3 is 0 Å². The Hall–Kier alpha value is -1.05. The molecule has 2 N–H and O–H groups in total. The van der Waals surface area contributed by atoms with Crippen LogP contribution in [0.4, 0.5) is 0 Å². The highest BCUT2D eigenvalue weighted by Gasteiger charge is 2.36. The van der Waals surface area contributed by atoms with E-state index in [2.05, 4.69) is 11.9 Å². The van der Waals surface area contributed by atoms with Crippen molar-refractivity contribution in [3.05, 3.63) is 24.0 Å². The van der Waals surface area contributed by atoms with Crippen LogP contribution in [-0.4, -0.2) is 36.3 Å². The van der Waals surface area contributed by atoms with Gasteiger partial charge in [-0.3, -0.25) is 4.98 Å². The van der Waals surface area contributed by atoms with Gasteiger partial charge in [-0.25, -0.2) is 12.7 Å². The van der Waals surface area contributed by atoms with Crippen molar-refractivity contribution < 1.29 is 8.42 Å². The lowest BCUT2D eigenvalue weighted by Gasteiger charge is -2.18. The molecule has 1 heterocycles. The van der Waals surface area contributed by atoms with Crippen LogP contribution in [0, 0.1) is 11.8 Å². The van der Waals surface area contributed by atoms with Gasteiger partial charge in [-0.1, -0.05) is 19.1 Å². The fourth-order valence-corrected chi connectivity index (χ4v) is 3.64. The summed E-state index contributed by atoms with van der Waals surface area (Å²) in [5.74, 6) is 1.05. The normalized spacial score (nSPS) is 22.5. The molecule has 0 aliphatic heterocycles. The first-order valence-electron chi connectivity index (χ1n) is 6.05. The molecule has 2 atom stereocenters. The fraction of sp³-hybridized carbons (Fsp3) is 0.500. The van der Waals surface area contributed by atoms with Gasteiger partial charge in [0.2, 0.25) is 10.0 Å². The van der Waals surface area contributed by atoms with E-state index in [4.69, 9.17) is 18.0 Å². The minimum absolute atomic E-state index is 0.00707. The highest BCUT2D eigenvalue weighted by Crippen LogP contribution is 2.38. The number of aromatic nitrogens is 1. The van der Waals surface area contributed by atoms with Crippen molar-refractivity contribution in [2.24, 2.45) is 17.6 Å². The van der Waals surface area contributed by atoms with Crippen LogP contribution < -0.4 is 5.73 Å². The van der Waals surface area contributed by atoms with Crippen molar-refractivity contribution in [1.82, 2.24) is 9.29 Å². The Balaban J connectivity index is 2.31. The average molecular weight is 299 g/mol. The number of hydrogen-bond acceptors (Lipinski definition) is 4. The van der Waals surface area contributed by atoms with Gasteiger partial charge in [-0.2, -0.15) is 0 Å². The molecule has 0 radical (unpaired) electrons. The van der Waals surface area contributed by atoms with Crippen LogP contribution in [-0.2, 0) is 10.0 Å². The predicted molar refractivity (Wildman–Crippen MR) is 77.2 cm³/mol. The monoisotopic (exact) mass is 299 g/mol. The minimum Gasteiger partial charge on any atom is -0.388 e. The first-order chi connectivity index (χ1) is 8.84. The Morgan fingerprint density at radius 2 is 2.26 bits per heavy atom. The lowest BCUT2D eigenvalue weighted by molar-refractivity contribution is 0.444. The van der Waals surface area contributed by atoms with Crippen molar-refractivity contribution in [2.45, 2.75) is 18.2 Å². The maximum absolute atomic E-state index is 12.5. The molecule has 1 saturated carbocycles. The second-order valence-corrected chi connectivity index (χ2v) is 7.43. The number of pyridine rings is 1. The summed E-state index contributed by atoms with van der Waals surface area (Å²) in [5.41, 5.74) is 5.69. The molecule has 5 nitrogen and oxygen atoms in total. The Labute approximate surface area is 118 Å². The molecule has 2 unspecified atom stereocenters. The molecule has 0 amide bonds. The van der Waals surface area contributed by atoms with Crippen LogP contribution in [0.15, 0.2) is 23.2 Å². The van der Waals surface area contributed by atoms with Crippen LogP contribution in [0.5, 0.6) is 0 Å². The van der Waals surface area contributed by atoms with Gasteiger partial charge in [0.15, 0.2) is 0 Å². The summed E-state index contributed by atoms with van der Waals surface area (Å²) in [6.07, 6.45) is 2.56. The van der Waals surface area contributed by atoms with E-state index in [9.17, 15) is 8.42 Å². The number of hydrogen-bond donors (Lipinski definition) is 1. The van der Waals surface area contributed by atoms with Gasteiger partial charge in [0, 0.05) is 19.8 Å². The molecule has 104 valence electrons. The van der Waals surface area contributed by atoms with Gasteiger partial charge in [-0.05, 0) is 30.4 Å². The van der Waals surface area contributed by atoms with Crippen molar-refractivity contribution in [2.75, 3.05) is 13.6 Å². The van der Waals surface area contributed by atoms with Gasteiger partial charge in [0.05, 0.1) is 0 Å². The van der Waals surface area contributed by atoms with Crippen LogP contribution in [0.2, 0.25) is 0 Å². The molecule has 0 saturated heterocycles. The van der Waals surface area contributed by atoms with Crippen molar-refractivity contribution in [1.29, 1.82) is 0 Å². The molecule has 19 heavy (non-hydrogen) atoms. The molecule has 1 aromatic heterocycles. The third kappa shape index (κ3) is 2.93. The minimum atomic E-state index is -3.59. The number of sulfonamides is 1. The predicted octanol–water partition coefficient (Wildman–Crippen LogP) is 0.992. The number of nitrogens with zero attached hydrogens (tertiary/aromatic N) is 2. The lowest BCUT2D eigenvalue weighted by Crippen LogP contribution is -2.31. The molecule has 1 fully saturated rings. The molecule has 7 heteroatoms. The van der Waals surface area contributed by atoms with Crippen molar-refractivity contribution in [3.8, 4) is 0 Å². The van der Waals surface area contributed by atoms with Gasteiger partial charge < -0.3 is 5.73 Å². The summed E-state index contributed by atoms with van der Waals surface area (Å²) in [6.45, 7) is 2.64. The highest BCUT2D eigenvalue weighted by molar-refractivity contribution is 7.89. The molecule has 1 aliphatic rings. The van der Waals surface area contributed by atoms with E-state index in [1.807, 2.05) is 0 Å². The lowest BCUT2D eigenvalue weighted by atomic mass is 10.3. The van der Waals surface area contributed by atoms with Crippen LogP contribution in [0.25, 0.3) is 0 Å². The molecule has 1 aromatic rings. The maximum atomic E-state index is 12.5. The number of rotatable bonds is 5. The van der Waals surface area contributed by atoms with E-state index in [1.54, 1.807) is 13.1 Å². The molecule has 0 bridgehead atoms. The molecule has 0 spiro atoms. The van der Waals surface area contributed by atoms with E-state index in [0.717, 1.165) is 6.42 Å². The first kappa shape index (κ1) is 14.4. The molecule has 2 rings (SSSR count). The Morgan fingerprint density at radius 1 is 1.63 bits per heavy atom. The molecule has 0 aromatic carbocycles. The Morgan fingerprint density at radius 3 is 2.79 bits per heavy atom. The van der Waals surface area contributed by atoms with Gasteiger partial charge in [0.1, 0.15) is 15.6 Å². The quantitative estimate of drug-likeness (QED) is 0.821. The molecular formula is C12H17N3O2S2. The molecule has 1 aliphatic carbocycles. The van der Waals surface area contributed by atoms with Crippen LogP contribution in [0.1, 0.15) is 19.0 Å². The fourth-order valence-electron chi connectivity index (χ4n) is 2.03. The van der Waals surface area contributed by atoms with Gasteiger partial charge in [-0.15, -0.1) is 0 Å². The standard InChI is InChI=1S/C12H17N3O2S2/c1-8-6-9(8)7-15(2)19(16,17)10-4-3-5-14-11(10)12(13)18/h3-5,8-9H,6-7H2,1-2H3,(H2,13,18). The van der Waals surface area contributed by atoms with Crippen LogP contribution >= 0.6 is 12.2 Å². The average Bonchev–Trinajstić information content (AvgIpc) is 3.04. The SMILES string of the molecule is CC1CC1CN(C)S(=O)(=O)c1cccnc1C(N)=S. The summed E-state index contributed by atoms with van der Waals surface area (Å²) in [6, 6.07) is 3.06. The van der Waals surface area contributed by atoms with E-state index in [-0.39, 0.29) is 15.6 Å². The first-order valence-corrected chi connectivity index (χ1v) is 7.90. The Bertz CT molecular complexity index is 601. The van der Waals surface area contributed by atoms with E-state index < -0.39 is 10.0 Å². The van der Waals surface area contributed by atoms with E-state index in [1.165, 1.54) is 16.6 Å². The summed E-state index contributed by atoms with van der Waals surface area (Å²) in [4.78, 5) is 4.04. The smallest absolute Gasteiger partial charge is 0.245 e. The third-order valence-electron chi connectivity index (χ3n) is 3.46. The Kier molecular flexibility index (Phi) is 3.89. The van der Waals surface area contributed by atoms with Gasteiger partial charge in [0.25, 0.3) is 0 Å². The zero-order valence-corrected chi connectivity index (χ0v) is 12.5. The van der Waals surface area contributed by atoms with E-state index in [0.29, 0.717) is 18.4 Å². The second-order valence-electron chi connectivity index (χ2n) is 4.97. The summed E-state index contributed by atoms with van der Waals surface area (Å²) < 4.78 is 26.4. The van der Waals surface area contributed by atoms with Crippen LogP contribution in [0.3, 0.4) is 0 Å². The van der Waals surface area contributed by atoms with Crippen molar-refractivity contribution in [3.63, 3.8) is 0 Å². The number of thiocarbonyl (C=S) groups is 1. The number of nitrogens with two attached hydrogens (primary N) is 1. The zero-order chi connectivity index (χ0) is 14.2. The molecular weight excluding hydrogens is 282 g/mol. The largest absolute Gasteiger partial charge is 0.388 e. The topological polar surface area (TPSA) is 76.3 Å². The summed E-state index contributed by atoms with van der Waals surface area (Å²) in [5, 5.41) is 0. The summed E-state index contributed by atoms with van der Waals surface area (Å²) >= 11 is 4.86. The summed E-state index contributed by atoms with van der Waals surface area (Å²) in [7, 11) is -2.01. The third-order valence-corrected chi connectivity index (χ3v) is 5.51. The highest BCUT2D eigenvalue weighted by atomic mass is 32.2. The zero-order valence-electron chi connectivity index (χ0n) is 10.9. The maximum Gasteiger partial charge on any atom is 0.245 e. The van der Waals surface area contributed by atoms with E-state index >= 15 is 0 Å². The van der Waals surface area contributed by atoms with Crippen molar-refractivity contribution >= 4 is 27.2 Å². The second kappa shape index (κ2) is 5.15.